The van der Waals surface area contributed by atoms with E-state index < -0.39 is 6.43 Å². The van der Waals surface area contributed by atoms with Crippen LogP contribution in [-0.4, -0.2) is 53.4 Å². The van der Waals surface area contributed by atoms with Gasteiger partial charge < -0.3 is 4.90 Å². The number of fused-ring (bicyclic) bond motifs is 1. The van der Waals surface area contributed by atoms with Gasteiger partial charge in [0.15, 0.2) is 0 Å². The lowest BCUT2D eigenvalue weighted by atomic mass is 9.84. The molecule has 0 radical (unpaired) electrons. The van der Waals surface area contributed by atoms with Gasteiger partial charge in [0.1, 0.15) is 18.3 Å². The Morgan fingerprint density at radius 2 is 2.04 bits per heavy atom. The van der Waals surface area contributed by atoms with E-state index in [2.05, 4.69) is 25.0 Å². The first-order valence-corrected chi connectivity index (χ1v) is 8.57. The standard InChI is InChI=1S/C17H17F2N7O/c1-10-2-3-25(16(27)11-5-20-8-21-6-11)7-12(10)14-4-13(15(18)19)24-17-22-9-23-26(14)17/h4-6,8-10,12,15H,2-3,7H2,1H3/t10-,12-/m1/s1. The van der Waals surface area contributed by atoms with Crippen molar-refractivity contribution < 1.29 is 13.6 Å². The SMILES string of the molecule is C[C@@H]1CCN(C(=O)c2cncnc2)C[C@H]1c1cc(C(F)F)nc2ncnn12. The lowest BCUT2D eigenvalue weighted by Gasteiger charge is -2.37. The van der Waals surface area contributed by atoms with Crippen molar-refractivity contribution in [3.8, 4) is 0 Å². The molecule has 3 aromatic heterocycles. The van der Waals surface area contributed by atoms with Gasteiger partial charge in [-0.3, -0.25) is 4.79 Å². The molecule has 1 aliphatic rings. The van der Waals surface area contributed by atoms with E-state index in [1.165, 1.54) is 35.6 Å². The van der Waals surface area contributed by atoms with Gasteiger partial charge >= 0.3 is 0 Å². The first-order valence-electron chi connectivity index (χ1n) is 8.57. The van der Waals surface area contributed by atoms with E-state index in [9.17, 15) is 13.6 Å². The van der Waals surface area contributed by atoms with Crippen LogP contribution >= 0.6 is 0 Å². The number of alkyl halides is 2. The molecule has 3 aromatic rings. The van der Waals surface area contributed by atoms with Crippen molar-refractivity contribution in [2.45, 2.75) is 25.7 Å². The molecule has 1 saturated heterocycles. The molecule has 0 spiro atoms. The Morgan fingerprint density at radius 1 is 1.26 bits per heavy atom. The molecular weight excluding hydrogens is 356 g/mol. The van der Waals surface area contributed by atoms with Crippen LogP contribution in [0.15, 0.2) is 31.1 Å². The molecule has 1 amide bonds. The van der Waals surface area contributed by atoms with Crippen LogP contribution < -0.4 is 0 Å². The summed E-state index contributed by atoms with van der Waals surface area (Å²) < 4.78 is 28.0. The summed E-state index contributed by atoms with van der Waals surface area (Å²) in [6.07, 6.45) is 3.63. The normalized spacial score (nSPS) is 20.4. The molecule has 2 atom stereocenters. The summed E-state index contributed by atoms with van der Waals surface area (Å²) in [4.78, 5) is 30.0. The summed E-state index contributed by atoms with van der Waals surface area (Å²) in [5.74, 6) is -0.0289. The van der Waals surface area contributed by atoms with Gasteiger partial charge in [-0.1, -0.05) is 6.92 Å². The number of hydrogen-bond donors (Lipinski definition) is 0. The third kappa shape index (κ3) is 3.22. The summed E-state index contributed by atoms with van der Waals surface area (Å²) in [6.45, 7) is 3.01. The van der Waals surface area contributed by atoms with Crippen LogP contribution in [0, 0.1) is 5.92 Å². The summed E-state index contributed by atoms with van der Waals surface area (Å²) in [7, 11) is 0. The van der Waals surface area contributed by atoms with Crippen LogP contribution in [0.1, 0.15) is 47.4 Å². The first-order chi connectivity index (χ1) is 13.0. The lowest BCUT2D eigenvalue weighted by Crippen LogP contribution is -2.42. The summed E-state index contributed by atoms with van der Waals surface area (Å²) in [5.41, 5.74) is 0.652. The Bertz CT molecular complexity index is 962. The van der Waals surface area contributed by atoms with Crippen molar-refractivity contribution in [2.24, 2.45) is 5.92 Å². The molecule has 140 valence electrons. The number of amides is 1. The highest BCUT2D eigenvalue weighted by atomic mass is 19.3. The van der Waals surface area contributed by atoms with Gasteiger partial charge in [-0.05, 0) is 18.4 Å². The average Bonchev–Trinajstić information content (AvgIpc) is 3.16. The second kappa shape index (κ2) is 6.93. The molecule has 1 fully saturated rings. The molecule has 27 heavy (non-hydrogen) atoms. The van der Waals surface area contributed by atoms with E-state index in [0.29, 0.717) is 24.3 Å². The van der Waals surface area contributed by atoms with E-state index >= 15 is 0 Å². The number of aromatic nitrogens is 6. The van der Waals surface area contributed by atoms with Gasteiger partial charge in [0, 0.05) is 31.4 Å². The molecule has 8 nitrogen and oxygen atoms in total. The summed E-state index contributed by atoms with van der Waals surface area (Å²) >= 11 is 0. The van der Waals surface area contributed by atoms with E-state index in [1.807, 2.05) is 6.92 Å². The van der Waals surface area contributed by atoms with Crippen LogP contribution in [0.3, 0.4) is 0 Å². The molecular formula is C17H17F2N7O. The zero-order chi connectivity index (χ0) is 19.0. The third-order valence-electron chi connectivity index (χ3n) is 4.96. The van der Waals surface area contributed by atoms with Crippen molar-refractivity contribution in [2.75, 3.05) is 13.1 Å². The van der Waals surface area contributed by atoms with Crippen LogP contribution in [0.2, 0.25) is 0 Å². The van der Waals surface area contributed by atoms with E-state index in [4.69, 9.17) is 0 Å². The van der Waals surface area contributed by atoms with Gasteiger partial charge in [0.05, 0.1) is 11.3 Å². The Hall–Kier alpha value is -3.04. The second-order valence-electron chi connectivity index (χ2n) is 6.63. The Kier molecular flexibility index (Phi) is 4.46. The van der Waals surface area contributed by atoms with Crippen molar-refractivity contribution >= 4 is 11.7 Å². The highest BCUT2D eigenvalue weighted by molar-refractivity contribution is 5.93. The molecule has 0 N–H and O–H groups in total. The van der Waals surface area contributed by atoms with Crippen LogP contribution in [0.25, 0.3) is 5.78 Å². The highest BCUT2D eigenvalue weighted by Crippen LogP contribution is 2.34. The van der Waals surface area contributed by atoms with Crippen LogP contribution in [0.4, 0.5) is 8.78 Å². The Balaban J connectivity index is 1.69. The molecule has 10 heteroatoms. The number of carbonyl (C=O) groups is 1. The quantitative estimate of drug-likeness (QED) is 0.699. The Labute approximate surface area is 153 Å². The fraction of sp³-hybridized carbons (Fsp3) is 0.412. The predicted molar refractivity (Wildman–Crippen MR) is 90.2 cm³/mol. The van der Waals surface area contributed by atoms with E-state index in [0.717, 1.165) is 6.42 Å². The molecule has 0 bridgehead atoms. The van der Waals surface area contributed by atoms with Gasteiger partial charge in [0.2, 0.25) is 0 Å². The van der Waals surface area contributed by atoms with Crippen molar-refractivity contribution in [3.05, 3.63) is 48.1 Å². The summed E-state index contributed by atoms with van der Waals surface area (Å²) in [5, 5.41) is 4.13. The number of likely N-dealkylation sites (tertiary alicyclic amines) is 1. The predicted octanol–water partition coefficient (Wildman–Crippen LogP) is 2.12. The zero-order valence-corrected chi connectivity index (χ0v) is 14.5. The van der Waals surface area contributed by atoms with Crippen molar-refractivity contribution in [1.82, 2.24) is 34.4 Å². The molecule has 0 saturated carbocycles. The summed E-state index contributed by atoms with van der Waals surface area (Å²) in [6, 6.07) is 1.37. The maximum Gasteiger partial charge on any atom is 0.280 e. The van der Waals surface area contributed by atoms with E-state index in [1.54, 1.807) is 4.90 Å². The number of piperidine rings is 1. The molecule has 0 aliphatic carbocycles. The van der Waals surface area contributed by atoms with Gasteiger partial charge in [-0.2, -0.15) is 10.1 Å². The number of hydrogen-bond acceptors (Lipinski definition) is 6. The van der Waals surface area contributed by atoms with Crippen LogP contribution in [-0.2, 0) is 0 Å². The van der Waals surface area contributed by atoms with E-state index in [-0.39, 0.29) is 29.2 Å². The molecule has 4 rings (SSSR count). The first kappa shape index (κ1) is 17.4. The minimum atomic E-state index is -2.71. The molecule has 4 heterocycles. The smallest absolute Gasteiger partial charge is 0.280 e. The van der Waals surface area contributed by atoms with Crippen molar-refractivity contribution in [1.29, 1.82) is 0 Å². The molecule has 0 unspecified atom stereocenters. The maximum atomic E-state index is 13.3. The van der Waals surface area contributed by atoms with Gasteiger partial charge in [-0.15, -0.1) is 0 Å². The van der Waals surface area contributed by atoms with Crippen molar-refractivity contribution in [3.63, 3.8) is 0 Å². The van der Waals surface area contributed by atoms with Gasteiger partial charge in [0.25, 0.3) is 18.1 Å². The number of halogens is 2. The monoisotopic (exact) mass is 373 g/mol. The number of carbonyl (C=O) groups excluding carboxylic acids is 1. The fourth-order valence-corrected chi connectivity index (χ4v) is 3.46. The minimum absolute atomic E-state index is 0.134. The zero-order valence-electron chi connectivity index (χ0n) is 14.5. The average molecular weight is 373 g/mol. The Morgan fingerprint density at radius 3 is 2.78 bits per heavy atom. The lowest BCUT2D eigenvalue weighted by molar-refractivity contribution is 0.0664. The topological polar surface area (TPSA) is 89.2 Å². The van der Waals surface area contributed by atoms with Gasteiger partial charge in [-0.25, -0.2) is 28.2 Å². The highest BCUT2D eigenvalue weighted by Gasteiger charge is 2.33. The fourth-order valence-electron chi connectivity index (χ4n) is 3.46. The molecule has 1 aliphatic heterocycles. The number of nitrogens with zero attached hydrogens (tertiary/aromatic N) is 7. The second-order valence-corrected chi connectivity index (χ2v) is 6.63. The minimum Gasteiger partial charge on any atom is -0.338 e. The largest absolute Gasteiger partial charge is 0.338 e. The number of rotatable bonds is 3. The van der Waals surface area contributed by atoms with Crippen LogP contribution in [0.5, 0.6) is 0 Å². The maximum absolute atomic E-state index is 13.3. The molecule has 0 aromatic carbocycles. The third-order valence-corrected chi connectivity index (χ3v) is 4.96.